The van der Waals surface area contributed by atoms with Crippen molar-refractivity contribution in [1.29, 1.82) is 0 Å². The van der Waals surface area contributed by atoms with Crippen LogP contribution in [0.25, 0.3) is 21.6 Å². The van der Waals surface area contributed by atoms with E-state index in [9.17, 15) is 4.79 Å². The molecule has 1 heterocycles. The number of primary amides is 1. The molecule has 29 heavy (non-hydrogen) atoms. The molecule has 1 amide bonds. The van der Waals surface area contributed by atoms with Gasteiger partial charge in [-0.3, -0.25) is 4.79 Å². The number of nitrogen functional groups attached to an aromatic ring is 1. The monoisotopic (exact) mass is 440 g/mol. The van der Waals surface area contributed by atoms with Crippen molar-refractivity contribution in [2.45, 2.75) is 31.4 Å². The van der Waals surface area contributed by atoms with Crippen molar-refractivity contribution in [2.75, 3.05) is 11.5 Å². The van der Waals surface area contributed by atoms with Crippen LogP contribution in [0.3, 0.4) is 0 Å². The number of benzene rings is 2. The van der Waals surface area contributed by atoms with Gasteiger partial charge >= 0.3 is 0 Å². The fraction of sp³-hybridized carbons (Fsp3) is 0.261. The topological polar surface area (TPSA) is 69.1 Å². The van der Waals surface area contributed by atoms with E-state index in [1.807, 2.05) is 42.1 Å². The minimum absolute atomic E-state index is 0.432. The molecule has 0 atom stereocenters. The molecule has 0 saturated heterocycles. The third-order valence-electron chi connectivity index (χ3n) is 4.76. The highest BCUT2D eigenvalue weighted by molar-refractivity contribution is 7.98. The van der Waals surface area contributed by atoms with Crippen LogP contribution < -0.4 is 11.5 Å². The Bertz CT molecular complexity index is 995. The summed E-state index contributed by atoms with van der Waals surface area (Å²) in [5.74, 6) is 1.65. The molecule has 0 aliphatic rings. The minimum atomic E-state index is -1.02. The van der Waals surface area contributed by atoms with E-state index < -0.39 is 14.0 Å². The van der Waals surface area contributed by atoms with E-state index in [1.54, 1.807) is 11.3 Å². The molecule has 0 spiro atoms. The van der Waals surface area contributed by atoms with Crippen molar-refractivity contribution in [2.24, 2.45) is 5.73 Å². The molecule has 152 valence electrons. The number of thioether (sulfide) groups is 1. The van der Waals surface area contributed by atoms with Gasteiger partial charge in [0.1, 0.15) is 0 Å². The molecule has 0 saturated carbocycles. The number of carbonyl (C=O) groups is 1. The molecular formula is C23H28N2OS2Si. The fourth-order valence-electron chi connectivity index (χ4n) is 3.07. The number of thiophene rings is 1. The van der Waals surface area contributed by atoms with Crippen LogP contribution in [0.4, 0.5) is 5.69 Å². The van der Waals surface area contributed by atoms with E-state index in [-0.39, 0.29) is 0 Å². The predicted octanol–water partition coefficient (Wildman–Crippen LogP) is 6.33. The van der Waals surface area contributed by atoms with E-state index >= 15 is 0 Å². The average molecular weight is 441 g/mol. The third kappa shape index (κ3) is 5.75. The van der Waals surface area contributed by atoms with Crippen LogP contribution >= 0.6 is 23.1 Å². The van der Waals surface area contributed by atoms with Crippen molar-refractivity contribution in [1.82, 2.24) is 0 Å². The van der Waals surface area contributed by atoms with Gasteiger partial charge in [0.05, 0.1) is 0 Å². The molecule has 0 fully saturated rings. The second-order valence-electron chi connectivity index (χ2n) is 8.39. The number of hydrogen-bond donors (Lipinski definition) is 2. The molecule has 0 aliphatic carbocycles. The molecule has 2 aromatic carbocycles. The van der Waals surface area contributed by atoms with Gasteiger partial charge in [-0.25, -0.2) is 0 Å². The Labute approximate surface area is 182 Å². The lowest BCUT2D eigenvalue weighted by molar-refractivity contribution is 0.100. The highest BCUT2D eigenvalue weighted by Crippen LogP contribution is 2.35. The van der Waals surface area contributed by atoms with Crippen LogP contribution in [0, 0.1) is 0 Å². The first kappa shape index (κ1) is 21.7. The number of nitrogens with two attached hydrogens (primary N) is 2. The molecule has 6 heteroatoms. The molecule has 0 aliphatic heterocycles. The Morgan fingerprint density at radius 3 is 2.52 bits per heavy atom. The molecule has 1 aromatic heterocycles. The van der Waals surface area contributed by atoms with E-state index in [4.69, 9.17) is 11.5 Å². The first-order valence-corrected chi connectivity index (χ1v) is 15.4. The van der Waals surface area contributed by atoms with Gasteiger partial charge in [-0.05, 0) is 64.2 Å². The zero-order chi connectivity index (χ0) is 21.0. The van der Waals surface area contributed by atoms with Gasteiger partial charge in [-0.15, -0.1) is 11.3 Å². The molecule has 0 unspecified atom stereocenters. The Morgan fingerprint density at radius 1 is 1.07 bits per heavy atom. The van der Waals surface area contributed by atoms with Crippen LogP contribution in [-0.2, 0) is 5.75 Å². The first-order valence-electron chi connectivity index (χ1n) is 9.69. The summed E-state index contributed by atoms with van der Waals surface area (Å²) in [5.41, 5.74) is 17.1. The molecule has 3 nitrogen and oxygen atoms in total. The van der Waals surface area contributed by atoms with Gasteiger partial charge in [0.15, 0.2) is 0 Å². The second-order valence-corrected chi connectivity index (χ2v) is 16.1. The summed E-state index contributed by atoms with van der Waals surface area (Å²) in [6.45, 7) is 7.20. The number of amides is 1. The normalized spacial score (nSPS) is 11.6. The maximum atomic E-state index is 12.1. The molecule has 3 rings (SSSR count). The average Bonchev–Trinajstić information content (AvgIpc) is 3.19. The Morgan fingerprint density at radius 2 is 1.86 bits per heavy atom. The molecular weight excluding hydrogens is 412 g/mol. The Hall–Kier alpha value is -2.02. The van der Waals surface area contributed by atoms with Crippen molar-refractivity contribution >= 4 is 42.8 Å². The van der Waals surface area contributed by atoms with Crippen molar-refractivity contribution in [3.63, 3.8) is 0 Å². The lowest BCUT2D eigenvalue weighted by atomic mass is 9.94. The number of rotatable bonds is 8. The predicted molar refractivity (Wildman–Crippen MR) is 132 cm³/mol. The van der Waals surface area contributed by atoms with E-state index in [0.717, 1.165) is 22.4 Å². The smallest absolute Gasteiger partial charge is 0.249 e. The fourth-order valence-corrected chi connectivity index (χ4v) is 7.38. The summed E-state index contributed by atoms with van der Waals surface area (Å²) in [5, 5.41) is 2.05. The van der Waals surface area contributed by atoms with Crippen LogP contribution in [0.2, 0.25) is 25.7 Å². The molecule has 3 aromatic rings. The van der Waals surface area contributed by atoms with Gasteiger partial charge in [-0.2, -0.15) is 11.8 Å². The van der Waals surface area contributed by atoms with E-state index in [2.05, 4.69) is 43.2 Å². The Kier molecular flexibility index (Phi) is 6.88. The number of carbonyl (C=O) groups excluding carboxylic acids is 1. The zero-order valence-corrected chi connectivity index (χ0v) is 19.8. The summed E-state index contributed by atoms with van der Waals surface area (Å²) in [6, 6.07) is 17.3. The zero-order valence-electron chi connectivity index (χ0n) is 17.2. The summed E-state index contributed by atoms with van der Waals surface area (Å²) in [6.07, 6.45) is 0. The quantitative estimate of drug-likeness (QED) is 0.244. The third-order valence-corrected chi connectivity index (χ3v) is 8.83. The summed E-state index contributed by atoms with van der Waals surface area (Å²) < 4.78 is 0. The van der Waals surface area contributed by atoms with Crippen LogP contribution in [0.5, 0.6) is 0 Å². The van der Waals surface area contributed by atoms with Gasteiger partial charge < -0.3 is 11.5 Å². The van der Waals surface area contributed by atoms with Crippen molar-refractivity contribution in [3.8, 4) is 21.6 Å². The van der Waals surface area contributed by atoms with Crippen LogP contribution in [-0.4, -0.2) is 19.7 Å². The van der Waals surface area contributed by atoms with Crippen LogP contribution in [0.1, 0.15) is 15.9 Å². The first-order chi connectivity index (χ1) is 13.7. The van der Waals surface area contributed by atoms with E-state index in [1.165, 1.54) is 22.2 Å². The van der Waals surface area contributed by atoms with E-state index in [0.29, 0.717) is 11.3 Å². The summed E-state index contributed by atoms with van der Waals surface area (Å²) in [4.78, 5) is 13.3. The molecule has 4 N–H and O–H groups in total. The maximum absolute atomic E-state index is 12.1. The summed E-state index contributed by atoms with van der Waals surface area (Å²) in [7, 11) is -1.02. The largest absolute Gasteiger partial charge is 0.398 e. The Balaban J connectivity index is 1.93. The van der Waals surface area contributed by atoms with Crippen LogP contribution in [0.15, 0.2) is 53.9 Å². The lowest BCUT2D eigenvalue weighted by Gasteiger charge is -2.16. The van der Waals surface area contributed by atoms with Gasteiger partial charge in [-0.1, -0.05) is 37.8 Å². The van der Waals surface area contributed by atoms with Crippen molar-refractivity contribution < 1.29 is 4.79 Å². The highest BCUT2D eigenvalue weighted by Gasteiger charge is 2.16. The molecule has 0 radical (unpaired) electrons. The summed E-state index contributed by atoms with van der Waals surface area (Å²) >= 11 is 3.63. The number of anilines is 1. The minimum Gasteiger partial charge on any atom is -0.398 e. The SMILES string of the molecule is C[Si](C)(C)CCSCc1ccc(C(N)=O)c(-c2cc(-c3cccs3)ccc2N)c1. The number of hydrogen-bond acceptors (Lipinski definition) is 4. The highest BCUT2D eigenvalue weighted by atomic mass is 32.2. The standard InChI is InChI=1S/C23H28N2OS2Si/c1-29(2,3)12-11-27-15-16-6-8-18(23(25)26)19(13-16)20-14-17(7-9-21(20)24)22-5-4-10-28-22/h4-10,13-14H,11-12,15,24H2,1-3H3,(H2,25,26). The second kappa shape index (κ2) is 9.20. The van der Waals surface area contributed by atoms with Gasteiger partial charge in [0, 0.05) is 35.5 Å². The lowest BCUT2D eigenvalue weighted by Crippen LogP contribution is -2.19. The van der Waals surface area contributed by atoms with Gasteiger partial charge in [0.25, 0.3) is 0 Å². The maximum Gasteiger partial charge on any atom is 0.249 e. The molecule has 0 bridgehead atoms. The van der Waals surface area contributed by atoms with Crippen molar-refractivity contribution in [3.05, 3.63) is 65.0 Å². The van der Waals surface area contributed by atoms with Gasteiger partial charge in [0.2, 0.25) is 5.91 Å².